The number of halogens is 1. The third-order valence-electron chi connectivity index (χ3n) is 5.14. The van der Waals surface area contributed by atoms with Crippen LogP contribution < -0.4 is 15.4 Å². The quantitative estimate of drug-likeness (QED) is 0.428. The number of nitrogens with one attached hydrogen (secondary N) is 2. The molecule has 1 heterocycles. The number of ether oxygens (including phenoxy) is 1. The summed E-state index contributed by atoms with van der Waals surface area (Å²) in [5.74, 6) is 0.942. The van der Waals surface area contributed by atoms with Gasteiger partial charge in [0.25, 0.3) is 0 Å². The number of methoxy groups -OCH3 is 1. The van der Waals surface area contributed by atoms with E-state index in [0.29, 0.717) is 18.1 Å². The molecule has 0 saturated heterocycles. The SMILES string of the molecule is CCN(CC(=O)Nc1cc(C(C)(C)C)nn1-c1ccc(OC)cc1)C(=O)Nc1cccc(Br)c1. The summed E-state index contributed by atoms with van der Waals surface area (Å²) in [6.45, 7) is 8.28. The van der Waals surface area contributed by atoms with Crippen molar-refractivity contribution in [1.29, 1.82) is 0 Å². The van der Waals surface area contributed by atoms with Crippen LogP contribution in [0.4, 0.5) is 16.3 Å². The number of urea groups is 1. The predicted molar refractivity (Wildman–Crippen MR) is 138 cm³/mol. The lowest BCUT2D eigenvalue weighted by Crippen LogP contribution is -2.40. The topological polar surface area (TPSA) is 88.5 Å². The van der Waals surface area contributed by atoms with Gasteiger partial charge < -0.3 is 20.3 Å². The second-order valence-electron chi connectivity index (χ2n) is 8.78. The molecule has 34 heavy (non-hydrogen) atoms. The molecule has 180 valence electrons. The number of likely N-dealkylation sites (N-methyl/N-ethyl adjacent to an activating group) is 1. The molecule has 0 saturated carbocycles. The number of nitrogens with zero attached hydrogens (tertiary/aromatic N) is 3. The summed E-state index contributed by atoms with van der Waals surface area (Å²) in [6, 6.07) is 16.2. The summed E-state index contributed by atoms with van der Waals surface area (Å²) >= 11 is 3.39. The molecule has 8 nitrogen and oxygen atoms in total. The number of hydrogen-bond donors (Lipinski definition) is 2. The molecule has 3 amide bonds. The van der Waals surface area contributed by atoms with Crippen LogP contribution in [0.2, 0.25) is 0 Å². The van der Waals surface area contributed by atoms with Gasteiger partial charge in [-0.25, -0.2) is 9.48 Å². The van der Waals surface area contributed by atoms with E-state index in [2.05, 4.69) is 47.3 Å². The molecule has 0 aliphatic carbocycles. The number of benzene rings is 2. The molecular formula is C25H30BrN5O3. The van der Waals surface area contributed by atoms with Crippen LogP contribution in [0.15, 0.2) is 59.1 Å². The molecule has 9 heteroatoms. The first kappa shape index (κ1) is 25.3. The smallest absolute Gasteiger partial charge is 0.322 e. The second kappa shape index (κ2) is 10.7. The molecule has 0 bridgehead atoms. The van der Waals surface area contributed by atoms with E-state index in [4.69, 9.17) is 9.84 Å². The van der Waals surface area contributed by atoms with Crippen LogP contribution in [0.3, 0.4) is 0 Å². The molecule has 0 unspecified atom stereocenters. The van der Waals surface area contributed by atoms with Crippen molar-refractivity contribution >= 4 is 39.4 Å². The van der Waals surface area contributed by atoms with Crippen molar-refractivity contribution in [3.8, 4) is 11.4 Å². The van der Waals surface area contributed by atoms with E-state index in [9.17, 15) is 9.59 Å². The highest BCUT2D eigenvalue weighted by atomic mass is 79.9. The first-order valence-electron chi connectivity index (χ1n) is 11.0. The van der Waals surface area contributed by atoms with Gasteiger partial charge in [0.2, 0.25) is 5.91 Å². The molecule has 1 aromatic heterocycles. The van der Waals surface area contributed by atoms with E-state index in [1.54, 1.807) is 23.9 Å². The normalized spacial score (nSPS) is 11.1. The van der Waals surface area contributed by atoms with E-state index in [1.165, 1.54) is 4.90 Å². The Kier molecular flexibility index (Phi) is 7.98. The summed E-state index contributed by atoms with van der Waals surface area (Å²) in [5.41, 5.74) is 2.05. The maximum atomic E-state index is 12.9. The van der Waals surface area contributed by atoms with Crippen LogP contribution in [-0.2, 0) is 10.2 Å². The maximum absolute atomic E-state index is 12.9. The summed E-state index contributed by atoms with van der Waals surface area (Å²) in [7, 11) is 1.61. The van der Waals surface area contributed by atoms with Gasteiger partial charge in [0.1, 0.15) is 18.1 Å². The molecule has 0 aliphatic heterocycles. The lowest BCUT2D eigenvalue weighted by Gasteiger charge is -2.21. The minimum atomic E-state index is -0.352. The number of carbonyl (C=O) groups is 2. The zero-order valence-corrected chi connectivity index (χ0v) is 21.6. The van der Waals surface area contributed by atoms with Crippen LogP contribution in [0, 0.1) is 0 Å². The zero-order chi connectivity index (χ0) is 24.9. The van der Waals surface area contributed by atoms with Crippen molar-refractivity contribution in [3.05, 3.63) is 64.8 Å². The van der Waals surface area contributed by atoms with E-state index in [1.807, 2.05) is 49.4 Å². The fourth-order valence-electron chi connectivity index (χ4n) is 3.21. The summed E-state index contributed by atoms with van der Waals surface area (Å²) in [6.07, 6.45) is 0. The van der Waals surface area contributed by atoms with Gasteiger partial charge >= 0.3 is 6.03 Å². The highest BCUT2D eigenvalue weighted by Gasteiger charge is 2.23. The maximum Gasteiger partial charge on any atom is 0.322 e. The Morgan fingerprint density at radius 1 is 1.09 bits per heavy atom. The minimum Gasteiger partial charge on any atom is -0.497 e. The van der Waals surface area contributed by atoms with Gasteiger partial charge in [-0.1, -0.05) is 42.8 Å². The van der Waals surface area contributed by atoms with Crippen molar-refractivity contribution in [2.75, 3.05) is 30.8 Å². The molecule has 3 aromatic rings. The Balaban J connectivity index is 1.78. The Labute approximate surface area is 208 Å². The number of anilines is 2. The van der Waals surface area contributed by atoms with Crippen molar-refractivity contribution in [2.45, 2.75) is 33.1 Å². The van der Waals surface area contributed by atoms with Gasteiger partial charge in [-0.05, 0) is 49.4 Å². The molecule has 0 aliphatic rings. The Bertz CT molecular complexity index is 1150. The Morgan fingerprint density at radius 2 is 1.79 bits per heavy atom. The van der Waals surface area contributed by atoms with Crippen LogP contribution in [0.5, 0.6) is 5.75 Å². The standard InChI is InChI=1S/C25H30BrN5O3/c1-6-30(24(33)27-18-9-7-8-17(26)14-18)16-23(32)28-22-15-21(25(2,3)4)29-31(22)19-10-12-20(34-5)13-11-19/h7-15H,6,16H2,1-5H3,(H,27,33)(H,28,32). The molecule has 0 fully saturated rings. The van der Waals surface area contributed by atoms with Crippen LogP contribution in [0.25, 0.3) is 5.69 Å². The largest absolute Gasteiger partial charge is 0.497 e. The number of amides is 3. The van der Waals surface area contributed by atoms with E-state index >= 15 is 0 Å². The molecule has 2 aromatic carbocycles. The van der Waals surface area contributed by atoms with Gasteiger partial charge in [-0.2, -0.15) is 5.10 Å². The highest BCUT2D eigenvalue weighted by Crippen LogP contribution is 2.27. The fourth-order valence-corrected chi connectivity index (χ4v) is 3.61. The van der Waals surface area contributed by atoms with Crippen LogP contribution in [-0.4, -0.2) is 46.8 Å². The molecule has 0 radical (unpaired) electrons. The van der Waals surface area contributed by atoms with Crippen molar-refractivity contribution < 1.29 is 14.3 Å². The lowest BCUT2D eigenvalue weighted by atomic mass is 9.92. The molecule has 0 spiro atoms. The van der Waals surface area contributed by atoms with Gasteiger partial charge in [-0.3, -0.25) is 4.79 Å². The van der Waals surface area contributed by atoms with Crippen LogP contribution >= 0.6 is 15.9 Å². The molecule has 3 rings (SSSR count). The van der Waals surface area contributed by atoms with Crippen molar-refractivity contribution in [3.63, 3.8) is 0 Å². The number of rotatable bonds is 7. The lowest BCUT2D eigenvalue weighted by molar-refractivity contribution is -0.116. The number of carbonyl (C=O) groups excluding carboxylic acids is 2. The number of aromatic nitrogens is 2. The third-order valence-corrected chi connectivity index (χ3v) is 5.63. The van der Waals surface area contributed by atoms with Gasteiger partial charge in [0.15, 0.2) is 0 Å². The Hall–Kier alpha value is -3.33. The second-order valence-corrected chi connectivity index (χ2v) is 9.69. The predicted octanol–water partition coefficient (Wildman–Crippen LogP) is 5.43. The molecule has 0 atom stereocenters. The summed E-state index contributed by atoms with van der Waals surface area (Å²) in [5, 5.41) is 10.5. The van der Waals surface area contributed by atoms with Gasteiger partial charge in [0.05, 0.1) is 18.5 Å². The van der Waals surface area contributed by atoms with E-state index in [0.717, 1.165) is 21.6 Å². The van der Waals surface area contributed by atoms with Gasteiger partial charge in [0, 0.05) is 28.2 Å². The average molecular weight is 528 g/mol. The summed E-state index contributed by atoms with van der Waals surface area (Å²) < 4.78 is 7.79. The zero-order valence-electron chi connectivity index (χ0n) is 20.1. The summed E-state index contributed by atoms with van der Waals surface area (Å²) in [4.78, 5) is 27.1. The average Bonchev–Trinajstić information content (AvgIpc) is 3.21. The van der Waals surface area contributed by atoms with Crippen LogP contribution in [0.1, 0.15) is 33.4 Å². The van der Waals surface area contributed by atoms with E-state index in [-0.39, 0.29) is 23.9 Å². The highest BCUT2D eigenvalue weighted by molar-refractivity contribution is 9.10. The Morgan fingerprint density at radius 3 is 2.38 bits per heavy atom. The molecule has 2 N–H and O–H groups in total. The van der Waals surface area contributed by atoms with Crippen molar-refractivity contribution in [1.82, 2.24) is 14.7 Å². The number of hydrogen-bond acceptors (Lipinski definition) is 4. The first-order valence-corrected chi connectivity index (χ1v) is 11.8. The van der Waals surface area contributed by atoms with Gasteiger partial charge in [-0.15, -0.1) is 0 Å². The van der Waals surface area contributed by atoms with Crippen molar-refractivity contribution in [2.24, 2.45) is 0 Å². The minimum absolute atomic E-state index is 0.102. The third kappa shape index (κ3) is 6.38. The first-order chi connectivity index (χ1) is 16.1. The van der Waals surface area contributed by atoms with E-state index < -0.39 is 0 Å². The molecular weight excluding hydrogens is 498 g/mol. The monoisotopic (exact) mass is 527 g/mol. The fraction of sp³-hybridized carbons (Fsp3) is 0.320.